The first-order valence-electron chi connectivity index (χ1n) is 8.57. The summed E-state index contributed by atoms with van der Waals surface area (Å²) in [4.78, 5) is 0.114. The molecule has 0 fully saturated rings. The second-order valence-electron chi connectivity index (χ2n) is 6.44. The van der Waals surface area contributed by atoms with Crippen LogP contribution in [0, 0.1) is 12.7 Å². The third kappa shape index (κ3) is 3.46. The number of halogens is 1. The summed E-state index contributed by atoms with van der Waals surface area (Å²) in [7, 11) is -3.89. The predicted octanol–water partition coefficient (Wildman–Crippen LogP) is 3.57. The van der Waals surface area contributed by atoms with Crippen LogP contribution >= 0.6 is 0 Å². The highest BCUT2D eigenvalue weighted by Gasteiger charge is 2.26. The molecule has 0 saturated carbocycles. The zero-order valence-corrected chi connectivity index (χ0v) is 15.8. The molecular weight excluding hydrogens is 379 g/mol. The molecule has 0 amide bonds. The first kappa shape index (κ1) is 18.1. The van der Waals surface area contributed by atoms with Crippen molar-refractivity contribution in [3.63, 3.8) is 0 Å². The van der Waals surface area contributed by atoms with Gasteiger partial charge in [-0.2, -0.15) is 0 Å². The Morgan fingerprint density at radius 3 is 2.61 bits per heavy atom. The number of aromatic nitrogens is 3. The molecule has 0 atom stereocenters. The van der Waals surface area contributed by atoms with Crippen molar-refractivity contribution in [3.05, 3.63) is 90.1 Å². The second-order valence-corrected chi connectivity index (χ2v) is 8.30. The van der Waals surface area contributed by atoms with Crippen molar-refractivity contribution in [2.75, 3.05) is 4.31 Å². The van der Waals surface area contributed by atoms with Gasteiger partial charge in [-0.3, -0.25) is 8.71 Å². The lowest BCUT2D eigenvalue weighted by Gasteiger charge is -2.25. The van der Waals surface area contributed by atoms with E-state index in [-0.39, 0.29) is 17.3 Å². The third-order valence-electron chi connectivity index (χ3n) is 4.38. The van der Waals surface area contributed by atoms with Crippen LogP contribution < -0.4 is 4.31 Å². The van der Waals surface area contributed by atoms with E-state index in [2.05, 4.69) is 10.2 Å². The van der Waals surface area contributed by atoms with Crippen molar-refractivity contribution in [2.45, 2.75) is 18.4 Å². The van der Waals surface area contributed by atoms with Crippen molar-refractivity contribution in [1.82, 2.24) is 14.6 Å². The van der Waals surface area contributed by atoms with Gasteiger partial charge in [-0.05, 0) is 54.4 Å². The summed E-state index contributed by atoms with van der Waals surface area (Å²) in [6.07, 6.45) is 2.93. The Kier molecular flexibility index (Phi) is 4.56. The second kappa shape index (κ2) is 7.05. The summed E-state index contributed by atoms with van der Waals surface area (Å²) >= 11 is 0. The molecule has 6 nitrogen and oxygen atoms in total. The average molecular weight is 396 g/mol. The largest absolute Gasteiger partial charge is 0.288 e. The van der Waals surface area contributed by atoms with Gasteiger partial charge in [0.2, 0.25) is 0 Å². The Hall–Kier alpha value is -3.26. The first-order valence-corrected chi connectivity index (χ1v) is 10.0. The van der Waals surface area contributed by atoms with Crippen molar-refractivity contribution in [1.29, 1.82) is 0 Å². The quantitative estimate of drug-likeness (QED) is 0.517. The highest BCUT2D eigenvalue weighted by Crippen LogP contribution is 2.27. The number of rotatable bonds is 5. The standard InChI is InChI=1S/C20H17FN4O2S/c1-15-3-2-4-18(11-15)25(12-16-5-7-17(21)8-6-16)28(26,27)19-9-10-20-23-22-14-24(20)13-19/h2-11,13-14H,12H2,1H3. The molecular formula is C20H17FN4O2S. The fourth-order valence-corrected chi connectivity index (χ4v) is 4.39. The Balaban J connectivity index is 1.81. The molecule has 0 aliphatic heterocycles. The molecule has 0 spiro atoms. The molecule has 0 aliphatic carbocycles. The Bertz CT molecular complexity index is 1240. The number of benzene rings is 2. The normalized spacial score (nSPS) is 11.6. The van der Waals surface area contributed by atoms with Gasteiger partial charge in [0.25, 0.3) is 10.0 Å². The van der Waals surface area contributed by atoms with E-state index < -0.39 is 10.0 Å². The number of hydrogen-bond acceptors (Lipinski definition) is 4. The molecule has 4 rings (SSSR count). The van der Waals surface area contributed by atoms with Crippen LogP contribution in [0.15, 0.2) is 78.1 Å². The van der Waals surface area contributed by atoms with Gasteiger partial charge in [-0.15, -0.1) is 10.2 Å². The average Bonchev–Trinajstić information content (AvgIpc) is 3.15. The molecule has 4 aromatic rings. The number of fused-ring (bicyclic) bond motifs is 1. The Morgan fingerprint density at radius 1 is 1.07 bits per heavy atom. The van der Waals surface area contributed by atoms with Crippen LogP contribution in [0.4, 0.5) is 10.1 Å². The highest BCUT2D eigenvalue weighted by molar-refractivity contribution is 7.92. The van der Waals surface area contributed by atoms with Gasteiger partial charge in [-0.1, -0.05) is 24.3 Å². The van der Waals surface area contributed by atoms with Crippen molar-refractivity contribution in [2.24, 2.45) is 0 Å². The zero-order chi connectivity index (χ0) is 19.7. The minimum atomic E-state index is -3.89. The van der Waals surface area contributed by atoms with Gasteiger partial charge in [0, 0.05) is 6.20 Å². The fraction of sp³-hybridized carbons (Fsp3) is 0.100. The number of sulfonamides is 1. The molecule has 0 unspecified atom stereocenters. The van der Waals surface area contributed by atoms with Crippen molar-refractivity contribution < 1.29 is 12.8 Å². The first-order chi connectivity index (χ1) is 13.4. The van der Waals surface area contributed by atoms with E-state index in [1.165, 1.54) is 35.0 Å². The fourth-order valence-electron chi connectivity index (χ4n) is 2.94. The maximum atomic E-state index is 13.5. The number of pyridine rings is 1. The Morgan fingerprint density at radius 2 is 1.86 bits per heavy atom. The molecule has 8 heteroatoms. The molecule has 2 aromatic carbocycles. The van der Waals surface area contributed by atoms with Crippen LogP contribution in [0.5, 0.6) is 0 Å². The molecule has 2 heterocycles. The molecule has 0 saturated heterocycles. The van der Waals surface area contributed by atoms with E-state index in [1.807, 2.05) is 13.0 Å². The molecule has 2 aromatic heterocycles. The van der Waals surface area contributed by atoms with Crippen LogP contribution in [-0.4, -0.2) is 23.0 Å². The highest BCUT2D eigenvalue weighted by atomic mass is 32.2. The summed E-state index contributed by atoms with van der Waals surface area (Å²) in [5, 5.41) is 7.69. The van der Waals surface area contributed by atoms with Crippen LogP contribution in [0.2, 0.25) is 0 Å². The Labute approximate surface area is 161 Å². The smallest absolute Gasteiger partial charge is 0.266 e. The number of hydrogen-bond donors (Lipinski definition) is 0. The number of anilines is 1. The summed E-state index contributed by atoms with van der Waals surface area (Å²) in [6.45, 7) is 1.97. The lowest BCUT2D eigenvalue weighted by molar-refractivity contribution is 0.589. The molecule has 142 valence electrons. The van der Waals surface area contributed by atoms with E-state index in [0.717, 1.165) is 5.56 Å². The molecule has 0 aliphatic rings. The van der Waals surface area contributed by atoms with Gasteiger partial charge in [0.1, 0.15) is 17.0 Å². The molecule has 0 bridgehead atoms. The number of aryl methyl sites for hydroxylation is 1. The van der Waals surface area contributed by atoms with Crippen LogP contribution in [-0.2, 0) is 16.6 Å². The van der Waals surface area contributed by atoms with E-state index in [0.29, 0.717) is 16.9 Å². The minimum absolute atomic E-state index is 0.0757. The summed E-state index contributed by atoms with van der Waals surface area (Å²) < 4.78 is 43.1. The van der Waals surface area contributed by atoms with E-state index >= 15 is 0 Å². The van der Waals surface area contributed by atoms with Crippen molar-refractivity contribution >= 4 is 21.4 Å². The maximum absolute atomic E-state index is 13.5. The van der Waals surface area contributed by atoms with E-state index in [4.69, 9.17) is 0 Å². The van der Waals surface area contributed by atoms with E-state index in [9.17, 15) is 12.8 Å². The topological polar surface area (TPSA) is 67.6 Å². The van der Waals surface area contributed by atoms with Gasteiger partial charge >= 0.3 is 0 Å². The monoisotopic (exact) mass is 396 g/mol. The summed E-state index contributed by atoms with van der Waals surface area (Å²) in [5.74, 6) is -0.369. The lowest BCUT2D eigenvalue weighted by atomic mass is 10.2. The third-order valence-corrected chi connectivity index (χ3v) is 6.14. The lowest BCUT2D eigenvalue weighted by Crippen LogP contribution is -2.30. The molecule has 0 N–H and O–H groups in total. The van der Waals surface area contributed by atoms with Gasteiger partial charge in [0.15, 0.2) is 5.65 Å². The van der Waals surface area contributed by atoms with Crippen molar-refractivity contribution in [3.8, 4) is 0 Å². The zero-order valence-electron chi connectivity index (χ0n) is 15.0. The van der Waals surface area contributed by atoms with Crippen LogP contribution in [0.1, 0.15) is 11.1 Å². The molecule has 28 heavy (non-hydrogen) atoms. The van der Waals surface area contributed by atoms with Gasteiger partial charge in [-0.25, -0.2) is 12.8 Å². The van der Waals surface area contributed by atoms with Gasteiger partial charge in [0.05, 0.1) is 12.2 Å². The maximum Gasteiger partial charge on any atom is 0.266 e. The summed E-state index contributed by atoms with van der Waals surface area (Å²) in [6, 6.07) is 16.2. The molecule has 0 radical (unpaired) electrons. The van der Waals surface area contributed by atoms with Gasteiger partial charge < -0.3 is 0 Å². The summed E-state index contributed by atoms with van der Waals surface area (Å²) in [5.41, 5.74) is 2.70. The predicted molar refractivity (Wildman–Crippen MR) is 104 cm³/mol. The minimum Gasteiger partial charge on any atom is -0.288 e. The number of nitrogens with zero attached hydrogens (tertiary/aromatic N) is 4. The van der Waals surface area contributed by atoms with E-state index in [1.54, 1.807) is 40.8 Å². The van der Waals surface area contributed by atoms with Crippen LogP contribution in [0.3, 0.4) is 0 Å². The SMILES string of the molecule is Cc1cccc(N(Cc2ccc(F)cc2)S(=O)(=O)c2ccc3nncn3c2)c1. The van der Waals surface area contributed by atoms with Crippen LogP contribution in [0.25, 0.3) is 5.65 Å².